The summed E-state index contributed by atoms with van der Waals surface area (Å²) < 4.78 is 26.4. The van der Waals surface area contributed by atoms with Crippen molar-refractivity contribution in [2.45, 2.75) is 23.5 Å². The second-order valence-electron chi connectivity index (χ2n) is 4.98. The quantitative estimate of drug-likeness (QED) is 0.899. The van der Waals surface area contributed by atoms with E-state index in [0.717, 1.165) is 5.75 Å². The van der Waals surface area contributed by atoms with Crippen molar-refractivity contribution in [3.05, 3.63) is 17.3 Å². The molecule has 5 nitrogen and oxygen atoms in total. The van der Waals surface area contributed by atoms with Gasteiger partial charge in [-0.1, -0.05) is 11.6 Å². The van der Waals surface area contributed by atoms with E-state index in [1.165, 1.54) is 16.6 Å². The Labute approximate surface area is 122 Å². The summed E-state index contributed by atoms with van der Waals surface area (Å²) in [5, 5.41) is 0.159. The lowest BCUT2D eigenvalue weighted by molar-refractivity contribution is 0.387. The molecule has 0 unspecified atom stereocenters. The summed E-state index contributed by atoms with van der Waals surface area (Å²) in [4.78, 5) is 3.90. The molecule has 1 aliphatic heterocycles. The molecular formula is C11H16ClN3O2S2. The van der Waals surface area contributed by atoms with Crippen LogP contribution in [0.25, 0.3) is 0 Å². The lowest BCUT2D eigenvalue weighted by Gasteiger charge is -2.36. The number of sulfonamides is 1. The summed E-state index contributed by atoms with van der Waals surface area (Å²) in [5.74, 6) is 0.915. The first-order valence-electron chi connectivity index (χ1n) is 5.77. The van der Waals surface area contributed by atoms with Crippen molar-refractivity contribution in [2.75, 3.05) is 24.6 Å². The van der Waals surface area contributed by atoms with Gasteiger partial charge in [-0.25, -0.2) is 13.4 Å². The molecule has 106 valence electrons. The summed E-state index contributed by atoms with van der Waals surface area (Å²) in [7, 11) is -3.55. The van der Waals surface area contributed by atoms with Crippen LogP contribution < -0.4 is 5.73 Å². The molecule has 0 atom stereocenters. The number of anilines is 1. The lowest BCUT2D eigenvalue weighted by Crippen LogP contribution is -2.46. The van der Waals surface area contributed by atoms with Gasteiger partial charge in [-0.05, 0) is 19.9 Å². The molecule has 0 aliphatic carbocycles. The number of nitrogens with two attached hydrogens (primary N) is 1. The zero-order valence-corrected chi connectivity index (χ0v) is 13.1. The van der Waals surface area contributed by atoms with Crippen molar-refractivity contribution < 1.29 is 8.42 Å². The van der Waals surface area contributed by atoms with E-state index in [0.29, 0.717) is 13.1 Å². The minimum atomic E-state index is -3.55. The van der Waals surface area contributed by atoms with E-state index >= 15 is 0 Å². The fourth-order valence-electron chi connectivity index (χ4n) is 1.90. The van der Waals surface area contributed by atoms with Gasteiger partial charge in [-0.3, -0.25) is 0 Å². The summed E-state index contributed by atoms with van der Waals surface area (Å²) in [6.07, 6.45) is 1.26. The predicted octanol–water partition coefficient (Wildman–Crippen LogP) is 1.83. The van der Waals surface area contributed by atoms with Crippen LogP contribution in [0.5, 0.6) is 0 Å². The van der Waals surface area contributed by atoms with Gasteiger partial charge >= 0.3 is 0 Å². The first-order chi connectivity index (χ1) is 8.72. The Kier molecular flexibility index (Phi) is 4.02. The first-order valence-corrected chi connectivity index (χ1v) is 8.58. The maximum atomic E-state index is 12.5. The Hall–Kier alpha value is -0.500. The van der Waals surface area contributed by atoms with Crippen LogP contribution in [-0.2, 0) is 10.0 Å². The van der Waals surface area contributed by atoms with E-state index in [2.05, 4.69) is 4.98 Å². The molecule has 0 aromatic carbocycles. The molecule has 1 saturated heterocycles. The second-order valence-corrected chi connectivity index (χ2v) is 9.13. The number of thioether (sulfide) groups is 1. The van der Waals surface area contributed by atoms with Gasteiger partial charge in [-0.2, -0.15) is 16.1 Å². The van der Waals surface area contributed by atoms with E-state index in [-0.39, 0.29) is 20.5 Å². The maximum Gasteiger partial charge on any atom is 0.244 e. The van der Waals surface area contributed by atoms with Crippen LogP contribution in [0.3, 0.4) is 0 Å². The van der Waals surface area contributed by atoms with Gasteiger partial charge in [0.15, 0.2) is 0 Å². The molecule has 0 radical (unpaired) electrons. The Bertz CT molecular complexity index is 590. The van der Waals surface area contributed by atoms with Crippen molar-refractivity contribution in [3.8, 4) is 0 Å². The fourth-order valence-corrected chi connectivity index (χ4v) is 5.01. The van der Waals surface area contributed by atoms with E-state index in [9.17, 15) is 8.42 Å². The molecule has 1 aromatic rings. The molecule has 2 heterocycles. The van der Waals surface area contributed by atoms with E-state index in [1.54, 1.807) is 11.8 Å². The predicted molar refractivity (Wildman–Crippen MR) is 79.0 cm³/mol. The Balaban J connectivity index is 2.34. The van der Waals surface area contributed by atoms with Crippen LogP contribution in [0, 0.1) is 0 Å². The van der Waals surface area contributed by atoms with Crippen molar-refractivity contribution in [1.82, 2.24) is 9.29 Å². The molecule has 1 aliphatic rings. The highest BCUT2D eigenvalue weighted by Gasteiger charge is 2.34. The Morgan fingerprint density at radius 1 is 1.53 bits per heavy atom. The van der Waals surface area contributed by atoms with Gasteiger partial charge < -0.3 is 5.73 Å². The second kappa shape index (κ2) is 5.12. The van der Waals surface area contributed by atoms with E-state index in [1.807, 2.05) is 13.8 Å². The number of rotatable bonds is 2. The number of nitrogen functional groups attached to an aromatic ring is 1. The summed E-state index contributed by atoms with van der Waals surface area (Å²) in [6.45, 7) is 5.04. The lowest BCUT2D eigenvalue weighted by atomic mass is 10.2. The standard InChI is InChI=1S/C11H16ClN3O2S2/c1-11(2)7-15(3-4-18-11)19(16,17)8-5-9(12)10(13)14-6-8/h5-6H,3-4,7H2,1-2H3,(H2,13,14). The average molecular weight is 322 g/mol. The van der Waals surface area contributed by atoms with E-state index < -0.39 is 10.0 Å². The monoisotopic (exact) mass is 321 g/mol. The molecule has 0 spiro atoms. The van der Waals surface area contributed by atoms with Crippen LogP contribution in [0.2, 0.25) is 5.02 Å². The fraction of sp³-hybridized carbons (Fsp3) is 0.545. The highest BCUT2D eigenvalue weighted by molar-refractivity contribution is 8.00. The normalized spacial score (nSPS) is 20.4. The number of hydrogen-bond acceptors (Lipinski definition) is 5. The molecule has 0 saturated carbocycles. The minimum Gasteiger partial charge on any atom is -0.382 e. The largest absolute Gasteiger partial charge is 0.382 e. The van der Waals surface area contributed by atoms with Gasteiger partial charge in [0, 0.05) is 29.8 Å². The Morgan fingerprint density at radius 3 is 2.79 bits per heavy atom. The molecule has 19 heavy (non-hydrogen) atoms. The number of hydrogen-bond donors (Lipinski definition) is 1. The number of pyridine rings is 1. The third-order valence-electron chi connectivity index (χ3n) is 2.87. The molecule has 0 bridgehead atoms. The zero-order chi connectivity index (χ0) is 14.3. The van der Waals surface area contributed by atoms with Crippen LogP contribution in [0.1, 0.15) is 13.8 Å². The van der Waals surface area contributed by atoms with Crippen LogP contribution in [-0.4, -0.2) is 41.3 Å². The first kappa shape index (κ1) is 14.9. The van der Waals surface area contributed by atoms with Gasteiger partial charge in [0.25, 0.3) is 0 Å². The molecule has 0 amide bonds. The van der Waals surface area contributed by atoms with Gasteiger partial charge in [0.2, 0.25) is 10.0 Å². The summed E-state index contributed by atoms with van der Waals surface area (Å²) >= 11 is 7.61. The number of nitrogens with zero attached hydrogens (tertiary/aromatic N) is 2. The average Bonchev–Trinajstić information content (AvgIpc) is 2.31. The molecule has 1 fully saturated rings. The Morgan fingerprint density at radius 2 is 2.21 bits per heavy atom. The highest BCUT2D eigenvalue weighted by atomic mass is 35.5. The number of aromatic nitrogens is 1. The van der Waals surface area contributed by atoms with Crippen molar-refractivity contribution >= 4 is 39.2 Å². The maximum absolute atomic E-state index is 12.5. The van der Waals surface area contributed by atoms with Gasteiger partial charge in [0.05, 0.1) is 5.02 Å². The molecular weight excluding hydrogens is 306 g/mol. The number of halogens is 1. The van der Waals surface area contributed by atoms with Crippen LogP contribution in [0.4, 0.5) is 5.82 Å². The molecule has 2 rings (SSSR count). The van der Waals surface area contributed by atoms with Crippen molar-refractivity contribution in [2.24, 2.45) is 0 Å². The third-order valence-corrected chi connectivity index (χ3v) is 6.28. The topological polar surface area (TPSA) is 76.3 Å². The highest BCUT2D eigenvalue weighted by Crippen LogP contribution is 2.33. The SMILES string of the molecule is CC1(C)CN(S(=O)(=O)c2cnc(N)c(Cl)c2)CCS1. The zero-order valence-electron chi connectivity index (χ0n) is 10.8. The third kappa shape index (κ3) is 3.16. The smallest absolute Gasteiger partial charge is 0.244 e. The van der Waals surface area contributed by atoms with Crippen molar-refractivity contribution in [3.63, 3.8) is 0 Å². The summed E-state index contributed by atoms with van der Waals surface area (Å²) in [5.41, 5.74) is 5.50. The van der Waals surface area contributed by atoms with E-state index in [4.69, 9.17) is 17.3 Å². The molecule has 8 heteroatoms. The van der Waals surface area contributed by atoms with Gasteiger partial charge in [0.1, 0.15) is 10.7 Å². The minimum absolute atomic E-state index is 0.0870. The molecule has 2 N–H and O–H groups in total. The van der Waals surface area contributed by atoms with Crippen molar-refractivity contribution in [1.29, 1.82) is 0 Å². The van der Waals surface area contributed by atoms with Crippen LogP contribution >= 0.6 is 23.4 Å². The summed E-state index contributed by atoms with van der Waals surface area (Å²) in [6, 6.07) is 1.36. The van der Waals surface area contributed by atoms with Crippen LogP contribution in [0.15, 0.2) is 17.2 Å². The molecule has 1 aromatic heterocycles. The van der Waals surface area contributed by atoms with Gasteiger partial charge in [-0.15, -0.1) is 0 Å².